The number of ether oxygens (including phenoxy) is 2. The predicted octanol–water partition coefficient (Wildman–Crippen LogP) is 4.10. The van der Waals surface area contributed by atoms with Crippen LogP contribution in [0.25, 0.3) is 0 Å². The van der Waals surface area contributed by atoms with Crippen LogP contribution in [0.15, 0.2) is 24.8 Å². The van der Waals surface area contributed by atoms with E-state index in [-0.39, 0.29) is 0 Å². The number of hydrogen-bond donors (Lipinski definition) is 1. The van der Waals surface area contributed by atoms with E-state index in [0.717, 1.165) is 36.6 Å². The van der Waals surface area contributed by atoms with Gasteiger partial charge in [-0.05, 0) is 37.9 Å². The molecule has 0 heterocycles. The van der Waals surface area contributed by atoms with Gasteiger partial charge in [0.05, 0.1) is 13.7 Å². The van der Waals surface area contributed by atoms with Gasteiger partial charge in [0, 0.05) is 12.1 Å². The maximum absolute atomic E-state index is 5.73. The van der Waals surface area contributed by atoms with E-state index < -0.39 is 0 Å². The number of unbranched alkanes of at least 4 members (excludes halogenated alkanes) is 2. The highest BCUT2D eigenvalue weighted by atomic mass is 16.5. The summed E-state index contributed by atoms with van der Waals surface area (Å²) in [7, 11) is 1.69. The van der Waals surface area contributed by atoms with Crippen LogP contribution in [0, 0.1) is 0 Å². The van der Waals surface area contributed by atoms with E-state index in [2.05, 4.69) is 31.0 Å². The average molecular weight is 291 g/mol. The molecule has 0 aliphatic heterocycles. The average Bonchev–Trinajstić information content (AvgIpc) is 2.49. The third-order valence-corrected chi connectivity index (χ3v) is 3.35. The molecule has 0 saturated heterocycles. The summed E-state index contributed by atoms with van der Waals surface area (Å²) < 4.78 is 11.2. The molecule has 1 aromatic carbocycles. The smallest absolute Gasteiger partial charge is 0.164 e. The molecule has 1 N–H and O–H groups in total. The maximum Gasteiger partial charge on any atom is 0.164 e. The minimum atomic E-state index is 0.634. The maximum atomic E-state index is 5.73. The third-order valence-electron chi connectivity index (χ3n) is 3.35. The summed E-state index contributed by atoms with van der Waals surface area (Å²) in [6, 6.07) is 4.24. The summed E-state index contributed by atoms with van der Waals surface area (Å²) >= 11 is 0. The number of nitrogens with one attached hydrogen (secondary N) is 1. The van der Waals surface area contributed by atoms with Crippen molar-refractivity contribution in [3.63, 3.8) is 0 Å². The van der Waals surface area contributed by atoms with E-state index >= 15 is 0 Å². The lowest BCUT2D eigenvalue weighted by Gasteiger charge is -2.16. The topological polar surface area (TPSA) is 30.5 Å². The van der Waals surface area contributed by atoms with Crippen LogP contribution in [0.5, 0.6) is 11.5 Å². The van der Waals surface area contributed by atoms with E-state index in [9.17, 15) is 0 Å². The second kappa shape index (κ2) is 10.3. The molecule has 0 atom stereocenters. The summed E-state index contributed by atoms with van der Waals surface area (Å²) in [6.07, 6.45) is 6.44. The number of rotatable bonds is 11. The van der Waals surface area contributed by atoms with Crippen LogP contribution in [-0.2, 0) is 13.0 Å². The van der Waals surface area contributed by atoms with Gasteiger partial charge in [-0.25, -0.2) is 0 Å². The first-order valence-electron chi connectivity index (χ1n) is 7.90. The Morgan fingerprint density at radius 1 is 1.24 bits per heavy atom. The Morgan fingerprint density at radius 3 is 2.67 bits per heavy atom. The summed E-state index contributed by atoms with van der Waals surface area (Å²) in [4.78, 5) is 0. The summed E-state index contributed by atoms with van der Waals surface area (Å²) in [5.74, 6) is 1.65. The van der Waals surface area contributed by atoms with Gasteiger partial charge < -0.3 is 14.8 Å². The normalized spacial score (nSPS) is 10.4. The molecule has 0 unspecified atom stereocenters. The third kappa shape index (κ3) is 5.80. The minimum absolute atomic E-state index is 0.634. The first-order valence-corrected chi connectivity index (χ1v) is 7.90. The Labute approximate surface area is 129 Å². The zero-order chi connectivity index (χ0) is 15.5. The lowest BCUT2D eigenvalue weighted by molar-refractivity contribution is 0.308. The standard InChI is InChI=1S/C18H29NO2/c1-5-8-9-11-19-14-15-12-16(10-6-2)18(21-7-3)17(13-15)20-4/h6,12-13,19H,2,5,7-11,14H2,1,3-4H3. The molecule has 0 aromatic heterocycles. The highest BCUT2D eigenvalue weighted by Gasteiger charge is 2.12. The number of methoxy groups -OCH3 is 1. The molecule has 0 radical (unpaired) electrons. The Morgan fingerprint density at radius 2 is 2.05 bits per heavy atom. The van der Waals surface area contributed by atoms with Gasteiger partial charge in [0.25, 0.3) is 0 Å². The highest BCUT2D eigenvalue weighted by molar-refractivity contribution is 5.50. The first kappa shape index (κ1) is 17.6. The molecule has 0 bridgehead atoms. The van der Waals surface area contributed by atoms with Crippen LogP contribution in [0.3, 0.4) is 0 Å². The Bertz CT molecular complexity index is 429. The van der Waals surface area contributed by atoms with E-state index in [1.165, 1.54) is 24.8 Å². The van der Waals surface area contributed by atoms with Crippen LogP contribution < -0.4 is 14.8 Å². The van der Waals surface area contributed by atoms with Gasteiger partial charge in [0.15, 0.2) is 11.5 Å². The van der Waals surface area contributed by atoms with Crippen molar-refractivity contribution in [3.8, 4) is 11.5 Å². The lowest BCUT2D eigenvalue weighted by Crippen LogP contribution is -2.15. The van der Waals surface area contributed by atoms with Crippen molar-refractivity contribution >= 4 is 0 Å². The van der Waals surface area contributed by atoms with Crippen molar-refractivity contribution in [3.05, 3.63) is 35.9 Å². The molecule has 3 nitrogen and oxygen atoms in total. The fourth-order valence-corrected chi connectivity index (χ4v) is 2.32. The summed E-state index contributed by atoms with van der Waals surface area (Å²) in [5, 5.41) is 3.49. The van der Waals surface area contributed by atoms with Gasteiger partial charge in [-0.3, -0.25) is 0 Å². The number of allylic oxidation sites excluding steroid dienone is 1. The first-order chi connectivity index (χ1) is 10.3. The molecule has 1 aromatic rings. The van der Waals surface area contributed by atoms with Crippen LogP contribution in [0.2, 0.25) is 0 Å². The molecule has 118 valence electrons. The summed E-state index contributed by atoms with van der Waals surface area (Å²) in [5.41, 5.74) is 2.36. The number of hydrogen-bond acceptors (Lipinski definition) is 3. The fourth-order valence-electron chi connectivity index (χ4n) is 2.32. The van der Waals surface area contributed by atoms with E-state index in [1.54, 1.807) is 7.11 Å². The molecule has 3 heteroatoms. The fraction of sp³-hybridized carbons (Fsp3) is 0.556. The van der Waals surface area contributed by atoms with Crippen LogP contribution >= 0.6 is 0 Å². The van der Waals surface area contributed by atoms with Gasteiger partial charge in [0.1, 0.15) is 0 Å². The van der Waals surface area contributed by atoms with Crippen LogP contribution in [-0.4, -0.2) is 20.3 Å². The molecule has 0 amide bonds. The Kier molecular flexibility index (Phi) is 8.60. The van der Waals surface area contributed by atoms with E-state index in [4.69, 9.17) is 9.47 Å². The van der Waals surface area contributed by atoms with Crippen molar-refractivity contribution in [2.45, 2.75) is 46.1 Å². The Balaban J connectivity index is 2.80. The molecule has 0 aliphatic carbocycles. The Hall–Kier alpha value is -1.48. The molecule has 0 fully saturated rings. The second-order valence-electron chi connectivity index (χ2n) is 5.10. The molecule has 1 rings (SSSR count). The predicted molar refractivity (Wildman–Crippen MR) is 89.3 cm³/mol. The van der Waals surface area contributed by atoms with E-state index in [1.807, 2.05) is 13.0 Å². The zero-order valence-corrected chi connectivity index (χ0v) is 13.7. The van der Waals surface area contributed by atoms with Crippen molar-refractivity contribution in [2.75, 3.05) is 20.3 Å². The van der Waals surface area contributed by atoms with Crippen molar-refractivity contribution in [1.29, 1.82) is 0 Å². The largest absolute Gasteiger partial charge is 0.493 e. The van der Waals surface area contributed by atoms with Gasteiger partial charge in [-0.15, -0.1) is 6.58 Å². The molecular formula is C18H29NO2. The van der Waals surface area contributed by atoms with Gasteiger partial charge in [-0.2, -0.15) is 0 Å². The quantitative estimate of drug-likeness (QED) is 0.492. The van der Waals surface area contributed by atoms with Gasteiger partial charge in [0.2, 0.25) is 0 Å². The van der Waals surface area contributed by atoms with Crippen LogP contribution in [0.4, 0.5) is 0 Å². The molecule has 0 aliphatic rings. The zero-order valence-electron chi connectivity index (χ0n) is 13.7. The van der Waals surface area contributed by atoms with Crippen molar-refractivity contribution in [2.24, 2.45) is 0 Å². The second-order valence-corrected chi connectivity index (χ2v) is 5.10. The minimum Gasteiger partial charge on any atom is -0.493 e. The number of benzene rings is 1. The molecule has 0 spiro atoms. The SMILES string of the molecule is C=CCc1cc(CNCCCCC)cc(OC)c1OCC. The van der Waals surface area contributed by atoms with Gasteiger partial charge >= 0.3 is 0 Å². The molecular weight excluding hydrogens is 262 g/mol. The van der Waals surface area contributed by atoms with Crippen molar-refractivity contribution < 1.29 is 9.47 Å². The molecule has 21 heavy (non-hydrogen) atoms. The monoisotopic (exact) mass is 291 g/mol. The van der Waals surface area contributed by atoms with Crippen molar-refractivity contribution in [1.82, 2.24) is 5.32 Å². The highest BCUT2D eigenvalue weighted by Crippen LogP contribution is 2.33. The molecule has 0 saturated carbocycles. The van der Waals surface area contributed by atoms with Gasteiger partial charge in [-0.1, -0.05) is 31.9 Å². The lowest BCUT2D eigenvalue weighted by atomic mass is 10.1. The van der Waals surface area contributed by atoms with Crippen LogP contribution in [0.1, 0.15) is 44.2 Å². The van der Waals surface area contributed by atoms with E-state index in [0.29, 0.717) is 6.61 Å². The summed E-state index contributed by atoms with van der Waals surface area (Å²) in [6.45, 7) is 10.6.